The fourth-order valence-electron chi connectivity index (χ4n) is 3.68. The molecule has 0 amide bonds. The summed E-state index contributed by atoms with van der Waals surface area (Å²) in [5.41, 5.74) is 3.63. The van der Waals surface area contributed by atoms with E-state index in [0.717, 1.165) is 31.0 Å². The van der Waals surface area contributed by atoms with Crippen molar-refractivity contribution < 1.29 is 4.74 Å². The second kappa shape index (κ2) is 6.65. The van der Waals surface area contributed by atoms with Crippen LogP contribution in [0.2, 0.25) is 0 Å². The molecule has 4 rings (SSSR count). The Hall–Kier alpha value is -2.33. The minimum Gasteiger partial charge on any atom is -0.497 e. The Labute approximate surface area is 142 Å². The molecular formula is C20H23N3O. The van der Waals surface area contributed by atoms with Gasteiger partial charge in [-0.2, -0.15) is 0 Å². The Morgan fingerprint density at radius 1 is 1.25 bits per heavy atom. The molecule has 0 saturated carbocycles. The maximum Gasteiger partial charge on any atom is 0.137 e. The Balaban J connectivity index is 1.48. The number of nitrogens with zero attached hydrogens (tertiary/aromatic N) is 2. The number of H-pyrrole nitrogens is 1. The highest BCUT2D eigenvalue weighted by Crippen LogP contribution is 2.29. The molecule has 1 aliphatic heterocycles. The molecule has 4 nitrogen and oxygen atoms in total. The molecule has 0 bridgehead atoms. The lowest BCUT2D eigenvalue weighted by atomic mass is 9.94. The van der Waals surface area contributed by atoms with E-state index in [2.05, 4.69) is 45.2 Å². The first-order valence-electron chi connectivity index (χ1n) is 8.61. The zero-order valence-corrected chi connectivity index (χ0v) is 14.0. The highest BCUT2D eigenvalue weighted by Gasteiger charge is 2.23. The minimum atomic E-state index is 0.554. The van der Waals surface area contributed by atoms with Gasteiger partial charge in [-0.25, -0.2) is 4.98 Å². The number of piperidine rings is 1. The molecule has 3 aromatic rings. The van der Waals surface area contributed by atoms with Crippen molar-refractivity contribution in [2.24, 2.45) is 0 Å². The van der Waals surface area contributed by atoms with Gasteiger partial charge in [0.25, 0.3) is 0 Å². The van der Waals surface area contributed by atoms with Crippen LogP contribution in [0.4, 0.5) is 0 Å². The summed E-state index contributed by atoms with van der Waals surface area (Å²) in [5.74, 6) is 1.49. The fraction of sp³-hybridized carbons (Fsp3) is 0.350. The number of benzene rings is 1. The van der Waals surface area contributed by atoms with Crippen molar-refractivity contribution in [3.8, 4) is 5.75 Å². The number of aromatic amines is 1. The van der Waals surface area contributed by atoms with Crippen LogP contribution in [0.25, 0.3) is 11.0 Å². The van der Waals surface area contributed by atoms with Gasteiger partial charge in [0.1, 0.15) is 11.4 Å². The van der Waals surface area contributed by atoms with Crippen molar-refractivity contribution in [1.82, 2.24) is 14.9 Å². The summed E-state index contributed by atoms with van der Waals surface area (Å²) >= 11 is 0. The van der Waals surface area contributed by atoms with Gasteiger partial charge in [-0.15, -0.1) is 0 Å². The van der Waals surface area contributed by atoms with Gasteiger partial charge in [0.05, 0.1) is 7.11 Å². The molecule has 2 aromatic heterocycles. The Morgan fingerprint density at radius 2 is 2.21 bits per heavy atom. The smallest absolute Gasteiger partial charge is 0.137 e. The monoisotopic (exact) mass is 321 g/mol. The maximum absolute atomic E-state index is 5.34. The van der Waals surface area contributed by atoms with Crippen LogP contribution < -0.4 is 4.74 Å². The Kier molecular flexibility index (Phi) is 4.22. The average Bonchev–Trinajstić information content (AvgIpc) is 3.06. The Bertz CT molecular complexity index is 793. The van der Waals surface area contributed by atoms with Gasteiger partial charge in [-0.05, 0) is 55.3 Å². The predicted molar refractivity (Wildman–Crippen MR) is 96.3 cm³/mol. The highest BCUT2D eigenvalue weighted by molar-refractivity contribution is 5.76. The molecule has 1 saturated heterocycles. The first-order chi connectivity index (χ1) is 11.8. The van der Waals surface area contributed by atoms with Gasteiger partial charge in [-0.3, -0.25) is 4.90 Å². The summed E-state index contributed by atoms with van der Waals surface area (Å²) in [4.78, 5) is 10.5. The van der Waals surface area contributed by atoms with Crippen molar-refractivity contribution in [3.63, 3.8) is 0 Å². The summed E-state index contributed by atoms with van der Waals surface area (Å²) in [6.45, 7) is 3.22. The molecule has 4 heteroatoms. The Morgan fingerprint density at radius 3 is 3.08 bits per heavy atom. The molecule has 0 spiro atoms. The van der Waals surface area contributed by atoms with E-state index >= 15 is 0 Å². The van der Waals surface area contributed by atoms with Crippen molar-refractivity contribution in [2.75, 3.05) is 20.2 Å². The third-order valence-corrected chi connectivity index (χ3v) is 4.90. The number of aromatic nitrogens is 2. The quantitative estimate of drug-likeness (QED) is 0.791. The van der Waals surface area contributed by atoms with E-state index in [1.165, 1.54) is 29.5 Å². The van der Waals surface area contributed by atoms with E-state index in [-0.39, 0.29) is 0 Å². The third kappa shape index (κ3) is 3.15. The van der Waals surface area contributed by atoms with Crippen molar-refractivity contribution in [1.29, 1.82) is 0 Å². The lowest BCUT2D eigenvalue weighted by molar-refractivity contribution is 0.198. The van der Waals surface area contributed by atoms with E-state index in [1.54, 1.807) is 7.11 Å². The molecular weight excluding hydrogens is 298 g/mol. The normalized spacial score (nSPS) is 18.8. The fourth-order valence-corrected chi connectivity index (χ4v) is 3.68. The van der Waals surface area contributed by atoms with Crippen LogP contribution in [-0.2, 0) is 6.54 Å². The number of pyridine rings is 1. The topological polar surface area (TPSA) is 41.1 Å². The van der Waals surface area contributed by atoms with Crippen LogP contribution in [0.3, 0.4) is 0 Å². The van der Waals surface area contributed by atoms with Crippen molar-refractivity contribution in [2.45, 2.75) is 25.3 Å². The van der Waals surface area contributed by atoms with E-state index < -0.39 is 0 Å². The molecule has 1 aromatic carbocycles. The molecule has 0 unspecified atom stereocenters. The SMILES string of the molecule is COc1cccc(CN2CCC[C@@H](c3cc4cccnc4[nH]3)C2)c1. The second-order valence-corrected chi connectivity index (χ2v) is 6.59. The molecule has 1 fully saturated rings. The van der Waals surface area contributed by atoms with Gasteiger partial charge >= 0.3 is 0 Å². The number of nitrogens with one attached hydrogen (secondary N) is 1. The lowest BCUT2D eigenvalue weighted by Crippen LogP contribution is -2.34. The predicted octanol–water partition coefficient (Wildman–Crippen LogP) is 3.95. The number of rotatable bonds is 4. The largest absolute Gasteiger partial charge is 0.497 e. The molecule has 0 radical (unpaired) electrons. The van der Waals surface area contributed by atoms with E-state index in [0.29, 0.717) is 5.92 Å². The van der Waals surface area contributed by atoms with Crippen LogP contribution in [-0.4, -0.2) is 35.1 Å². The summed E-state index contributed by atoms with van der Waals surface area (Å²) in [6, 6.07) is 14.8. The third-order valence-electron chi connectivity index (χ3n) is 4.90. The maximum atomic E-state index is 5.34. The van der Waals surface area contributed by atoms with Crippen LogP contribution >= 0.6 is 0 Å². The number of hydrogen-bond acceptors (Lipinski definition) is 3. The van der Waals surface area contributed by atoms with Crippen LogP contribution in [0.15, 0.2) is 48.7 Å². The van der Waals surface area contributed by atoms with E-state index in [4.69, 9.17) is 4.74 Å². The molecule has 24 heavy (non-hydrogen) atoms. The zero-order valence-electron chi connectivity index (χ0n) is 14.0. The van der Waals surface area contributed by atoms with Gasteiger partial charge in [0.15, 0.2) is 0 Å². The summed E-state index contributed by atoms with van der Waals surface area (Å²) in [5, 5.41) is 1.21. The number of ether oxygens (including phenoxy) is 1. The van der Waals surface area contributed by atoms with Crippen LogP contribution in [0, 0.1) is 0 Å². The first kappa shape index (κ1) is 15.2. The number of methoxy groups -OCH3 is 1. The van der Waals surface area contributed by atoms with E-state index in [1.807, 2.05) is 18.3 Å². The summed E-state index contributed by atoms with van der Waals surface area (Å²) in [6.07, 6.45) is 4.32. The van der Waals surface area contributed by atoms with Crippen molar-refractivity contribution >= 4 is 11.0 Å². The molecule has 124 valence electrons. The number of likely N-dealkylation sites (tertiary alicyclic amines) is 1. The van der Waals surface area contributed by atoms with Crippen molar-refractivity contribution in [3.05, 3.63) is 59.9 Å². The van der Waals surface area contributed by atoms with Gasteiger partial charge in [0.2, 0.25) is 0 Å². The standard InChI is InChI=1S/C20H23N3O/c1-24-18-8-2-5-15(11-18)13-23-10-4-7-17(14-23)19-12-16-6-3-9-21-20(16)22-19/h2-3,5-6,8-9,11-12,17H,4,7,10,13-14H2,1H3,(H,21,22)/t17-/m1/s1. The molecule has 1 atom stereocenters. The van der Waals surface area contributed by atoms with Gasteiger partial charge < -0.3 is 9.72 Å². The first-order valence-corrected chi connectivity index (χ1v) is 8.61. The number of hydrogen-bond donors (Lipinski definition) is 1. The minimum absolute atomic E-state index is 0.554. The summed E-state index contributed by atoms with van der Waals surface area (Å²) in [7, 11) is 1.72. The van der Waals surface area contributed by atoms with E-state index in [9.17, 15) is 0 Å². The van der Waals surface area contributed by atoms with Gasteiger partial charge in [-0.1, -0.05) is 12.1 Å². The van der Waals surface area contributed by atoms with Gasteiger partial charge in [0, 0.05) is 36.3 Å². The number of fused-ring (bicyclic) bond motifs is 1. The second-order valence-electron chi connectivity index (χ2n) is 6.59. The molecule has 3 heterocycles. The molecule has 1 aliphatic rings. The highest BCUT2D eigenvalue weighted by atomic mass is 16.5. The zero-order chi connectivity index (χ0) is 16.4. The average molecular weight is 321 g/mol. The molecule has 0 aliphatic carbocycles. The van der Waals surface area contributed by atoms with Crippen LogP contribution in [0.1, 0.15) is 30.0 Å². The lowest BCUT2D eigenvalue weighted by Gasteiger charge is -2.32. The van der Waals surface area contributed by atoms with Crippen LogP contribution in [0.5, 0.6) is 5.75 Å². The molecule has 1 N–H and O–H groups in total. The summed E-state index contributed by atoms with van der Waals surface area (Å²) < 4.78 is 5.34.